The average molecular weight is 432 g/mol. The summed E-state index contributed by atoms with van der Waals surface area (Å²) in [5.41, 5.74) is 4.67. The zero-order chi connectivity index (χ0) is 22.5. The van der Waals surface area contributed by atoms with Crippen LogP contribution in [0.3, 0.4) is 0 Å². The van der Waals surface area contributed by atoms with E-state index in [0.29, 0.717) is 30.4 Å². The Kier molecular flexibility index (Phi) is 6.37. The van der Waals surface area contributed by atoms with Gasteiger partial charge < -0.3 is 14.6 Å². The number of nitrogens with zero attached hydrogens (tertiary/aromatic N) is 6. The molecule has 0 aliphatic rings. The van der Waals surface area contributed by atoms with Crippen molar-refractivity contribution < 1.29 is 9.53 Å². The lowest BCUT2D eigenvalue weighted by molar-refractivity contribution is 0.0938. The maximum absolute atomic E-state index is 12.9. The normalized spacial score (nSPS) is 11.0. The zero-order valence-corrected chi connectivity index (χ0v) is 18.3. The summed E-state index contributed by atoms with van der Waals surface area (Å²) in [6.07, 6.45) is 6.70. The van der Waals surface area contributed by atoms with Crippen LogP contribution in [0.4, 0.5) is 0 Å². The van der Waals surface area contributed by atoms with Crippen LogP contribution in [0.2, 0.25) is 0 Å². The van der Waals surface area contributed by atoms with Gasteiger partial charge in [-0.1, -0.05) is 30.3 Å². The van der Waals surface area contributed by atoms with Gasteiger partial charge in [-0.3, -0.25) is 4.79 Å². The molecule has 0 fully saturated rings. The summed E-state index contributed by atoms with van der Waals surface area (Å²) in [7, 11) is 1.88. The van der Waals surface area contributed by atoms with Crippen molar-refractivity contribution in [2.24, 2.45) is 7.05 Å². The number of hydrogen-bond donors (Lipinski definition) is 1. The molecule has 1 amide bonds. The highest BCUT2D eigenvalue weighted by molar-refractivity contribution is 5.95. The van der Waals surface area contributed by atoms with E-state index in [2.05, 4.69) is 20.4 Å². The molecule has 0 bridgehead atoms. The highest BCUT2D eigenvalue weighted by atomic mass is 16.5. The van der Waals surface area contributed by atoms with Crippen molar-refractivity contribution in [3.05, 3.63) is 77.8 Å². The van der Waals surface area contributed by atoms with Crippen molar-refractivity contribution in [2.45, 2.75) is 27.0 Å². The highest BCUT2D eigenvalue weighted by Crippen LogP contribution is 2.22. The zero-order valence-electron chi connectivity index (χ0n) is 18.3. The molecule has 0 atom stereocenters. The first-order valence-corrected chi connectivity index (χ1v) is 10.4. The van der Waals surface area contributed by atoms with Crippen molar-refractivity contribution in [1.29, 1.82) is 0 Å². The number of imidazole rings is 1. The number of ether oxygens (including phenoxy) is 1. The Morgan fingerprint density at radius 2 is 1.97 bits per heavy atom. The third-order valence-electron chi connectivity index (χ3n) is 5.10. The quantitative estimate of drug-likeness (QED) is 0.461. The number of carbonyl (C=O) groups is 1. The minimum Gasteiger partial charge on any atom is -0.375 e. The van der Waals surface area contributed by atoms with E-state index in [-0.39, 0.29) is 12.5 Å². The molecule has 0 aliphatic carbocycles. The van der Waals surface area contributed by atoms with Gasteiger partial charge in [-0.2, -0.15) is 9.78 Å². The standard InChI is InChI=1S/C23H25N7O2/c1-4-32-14-20-19(22(31)25-12-18-11-24-15-29(18)3)13-27-30(20)23-26-10-16(2)21(28-23)17-8-6-5-7-9-17/h5-11,13,15H,4,12,14H2,1-3H3,(H,25,31). The maximum atomic E-state index is 12.9. The molecule has 3 heterocycles. The van der Waals surface area contributed by atoms with Crippen molar-refractivity contribution in [3.8, 4) is 17.2 Å². The van der Waals surface area contributed by atoms with Gasteiger partial charge >= 0.3 is 0 Å². The fraction of sp³-hybridized carbons (Fsp3) is 0.261. The highest BCUT2D eigenvalue weighted by Gasteiger charge is 2.21. The van der Waals surface area contributed by atoms with Crippen LogP contribution in [0.25, 0.3) is 17.2 Å². The van der Waals surface area contributed by atoms with E-state index in [9.17, 15) is 4.79 Å². The number of aryl methyl sites for hydroxylation is 2. The van der Waals surface area contributed by atoms with Crippen molar-refractivity contribution in [2.75, 3.05) is 6.61 Å². The average Bonchev–Trinajstić information content (AvgIpc) is 3.43. The maximum Gasteiger partial charge on any atom is 0.255 e. The molecule has 0 radical (unpaired) electrons. The first-order chi connectivity index (χ1) is 15.6. The third kappa shape index (κ3) is 4.42. The first kappa shape index (κ1) is 21.4. The van der Waals surface area contributed by atoms with Crippen molar-refractivity contribution in [1.82, 2.24) is 34.6 Å². The number of nitrogens with one attached hydrogen (secondary N) is 1. The summed E-state index contributed by atoms with van der Waals surface area (Å²) < 4.78 is 9.06. The molecule has 32 heavy (non-hydrogen) atoms. The van der Waals surface area contributed by atoms with Crippen LogP contribution in [0.5, 0.6) is 0 Å². The smallest absolute Gasteiger partial charge is 0.255 e. The van der Waals surface area contributed by atoms with E-state index in [0.717, 1.165) is 22.5 Å². The molecule has 0 unspecified atom stereocenters. The minimum absolute atomic E-state index is 0.211. The minimum atomic E-state index is -0.248. The number of rotatable bonds is 8. The van der Waals surface area contributed by atoms with Gasteiger partial charge in [-0.15, -0.1) is 0 Å². The van der Waals surface area contributed by atoms with E-state index >= 15 is 0 Å². The second kappa shape index (κ2) is 9.52. The van der Waals surface area contributed by atoms with Gasteiger partial charge in [0.05, 0.1) is 48.3 Å². The summed E-state index contributed by atoms with van der Waals surface area (Å²) in [4.78, 5) is 26.2. The lowest BCUT2D eigenvalue weighted by Crippen LogP contribution is -2.25. The number of hydrogen-bond acceptors (Lipinski definition) is 6. The molecule has 4 aromatic rings. The van der Waals surface area contributed by atoms with Crippen LogP contribution in [0, 0.1) is 6.92 Å². The Hall–Kier alpha value is -3.85. The summed E-state index contributed by atoms with van der Waals surface area (Å²) in [5.74, 6) is 0.136. The molecule has 0 saturated carbocycles. The fourth-order valence-corrected chi connectivity index (χ4v) is 3.32. The van der Waals surface area contributed by atoms with Crippen LogP contribution < -0.4 is 5.32 Å². The van der Waals surface area contributed by atoms with Crippen LogP contribution in [-0.2, 0) is 24.9 Å². The molecule has 164 valence electrons. The lowest BCUT2D eigenvalue weighted by Gasteiger charge is -2.11. The monoisotopic (exact) mass is 431 g/mol. The molecule has 9 nitrogen and oxygen atoms in total. The van der Waals surface area contributed by atoms with Crippen molar-refractivity contribution >= 4 is 5.91 Å². The van der Waals surface area contributed by atoms with E-state index in [1.54, 1.807) is 23.4 Å². The fourth-order valence-electron chi connectivity index (χ4n) is 3.32. The van der Waals surface area contributed by atoms with Crippen LogP contribution >= 0.6 is 0 Å². The van der Waals surface area contributed by atoms with Gasteiger partial charge in [0.1, 0.15) is 0 Å². The summed E-state index contributed by atoms with van der Waals surface area (Å²) in [6, 6.07) is 9.90. The predicted molar refractivity (Wildman–Crippen MR) is 119 cm³/mol. The van der Waals surface area contributed by atoms with Crippen LogP contribution in [0.15, 0.2) is 55.2 Å². The molecular weight excluding hydrogens is 406 g/mol. The number of amides is 1. The summed E-state index contributed by atoms with van der Waals surface area (Å²) >= 11 is 0. The second-order valence-electron chi connectivity index (χ2n) is 7.30. The lowest BCUT2D eigenvalue weighted by atomic mass is 10.1. The molecule has 0 spiro atoms. The van der Waals surface area contributed by atoms with E-state index in [1.165, 1.54) is 6.20 Å². The molecule has 0 aliphatic heterocycles. The topological polar surface area (TPSA) is 99.8 Å². The van der Waals surface area contributed by atoms with Gasteiger partial charge in [0.2, 0.25) is 0 Å². The molecule has 3 aromatic heterocycles. The SMILES string of the molecule is CCOCc1c(C(=O)NCc2cncn2C)cnn1-c1ncc(C)c(-c2ccccc2)n1. The van der Waals surface area contributed by atoms with E-state index in [1.807, 2.05) is 55.8 Å². The Balaban J connectivity index is 1.67. The summed E-state index contributed by atoms with van der Waals surface area (Å²) in [6.45, 7) is 4.94. The van der Waals surface area contributed by atoms with Gasteiger partial charge in [-0.05, 0) is 19.4 Å². The second-order valence-corrected chi connectivity index (χ2v) is 7.30. The number of benzene rings is 1. The van der Waals surface area contributed by atoms with Gasteiger partial charge in [0.15, 0.2) is 0 Å². The first-order valence-electron chi connectivity index (χ1n) is 10.4. The molecule has 9 heteroatoms. The molecule has 0 saturated heterocycles. The van der Waals surface area contributed by atoms with Crippen molar-refractivity contribution in [3.63, 3.8) is 0 Å². The van der Waals surface area contributed by atoms with Gasteiger partial charge in [0, 0.05) is 31.6 Å². The van der Waals surface area contributed by atoms with E-state index < -0.39 is 0 Å². The Labute approximate surface area is 186 Å². The largest absolute Gasteiger partial charge is 0.375 e. The third-order valence-corrected chi connectivity index (χ3v) is 5.10. The molecule has 4 rings (SSSR count). The van der Waals surface area contributed by atoms with Gasteiger partial charge in [0.25, 0.3) is 11.9 Å². The Morgan fingerprint density at radius 1 is 1.16 bits per heavy atom. The predicted octanol–water partition coefficient (Wildman–Crippen LogP) is 2.84. The molecule has 1 N–H and O–H groups in total. The summed E-state index contributed by atoms with van der Waals surface area (Å²) in [5, 5.41) is 7.34. The molecular formula is C23H25N7O2. The van der Waals surface area contributed by atoms with Crippen LogP contribution in [0.1, 0.15) is 34.2 Å². The Bertz CT molecular complexity index is 1210. The Morgan fingerprint density at radius 3 is 2.69 bits per heavy atom. The van der Waals surface area contributed by atoms with Gasteiger partial charge in [-0.25, -0.2) is 15.0 Å². The van der Waals surface area contributed by atoms with Crippen LogP contribution in [-0.4, -0.2) is 41.8 Å². The van der Waals surface area contributed by atoms with E-state index in [4.69, 9.17) is 9.72 Å². The number of aromatic nitrogens is 6. The molecule has 1 aromatic carbocycles. The number of carbonyl (C=O) groups excluding carboxylic acids is 1.